The van der Waals surface area contributed by atoms with Crippen LogP contribution in [0.5, 0.6) is 0 Å². The predicted molar refractivity (Wildman–Crippen MR) is 73.9 cm³/mol. The summed E-state index contributed by atoms with van der Waals surface area (Å²) in [7, 11) is 0. The molecule has 1 aliphatic carbocycles. The number of nitrogens with one attached hydrogen (secondary N) is 1. The molecule has 0 heterocycles. The molecular weight excluding hydrogens is 244 g/mol. The van der Waals surface area contributed by atoms with Crippen molar-refractivity contribution in [2.24, 2.45) is 11.8 Å². The first-order chi connectivity index (χ1) is 9.08. The highest BCUT2D eigenvalue weighted by Gasteiger charge is 2.20. The third kappa shape index (κ3) is 3.75. The van der Waals surface area contributed by atoms with Gasteiger partial charge in [-0.3, -0.25) is 0 Å². The Labute approximate surface area is 114 Å². The van der Waals surface area contributed by atoms with E-state index in [2.05, 4.69) is 12.2 Å². The SMILES string of the molecule is CC1CCC(CNC(C)c2cccc(F)c2F)CC1. The van der Waals surface area contributed by atoms with Gasteiger partial charge in [0, 0.05) is 11.6 Å². The minimum atomic E-state index is -0.766. The average molecular weight is 267 g/mol. The largest absolute Gasteiger partial charge is 0.310 e. The Hall–Kier alpha value is -0.960. The maximum Gasteiger partial charge on any atom is 0.163 e. The molecule has 0 radical (unpaired) electrons. The third-order valence-corrected chi connectivity index (χ3v) is 4.30. The second-order valence-corrected chi connectivity index (χ2v) is 5.90. The second kappa shape index (κ2) is 6.47. The maximum atomic E-state index is 13.7. The average Bonchev–Trinajstić information content (AvgIpc) is 2.41. The van der Waals surface area contributed by atoms with E-state index in [1.54, 1.807) is 12.1 Å². The van der Waals surface area contributed by atoms with Crippen LogP contribution < -0.4 is 5.32 Å². The van der Waals surface area contributed by atoms with Crippen LogP contribution in [0.4, 0.5) is 8.78 Å². The van der Waals surface area contributed by atoms with Crippen LogP contribution in [0, 0.1) is 23.5 Å². The molecule has 1 aromatic rings. The van der Waals surface area contributed by atoms with E-state index >= 15 is 0 Å². The van der Waals surface area contributed by atoms with E-state index in [-0.39, 0.29) is 6.04 Å². The Morgan fingerprint density at radius 3 is 2.58 bits per heavy atom. The van der Waals surface area contributed by atoms with Gasteiger partial charge in [0.15, 0.2) is 11.6 Å². The number of hydrogen-bond donors (Lipinski definition) is 1. The zero-order valence-corrected chi connectivity index (χ0v) is 11.8. The summed E-state index contributed by atoms with van der Waals surface area (Å²) >= 11 is 0. The summed E-state index contributed by atoms with van der Waals surface area (Å²) < 4.78 is 26.8. The van der Waals surface area contributed by atoms with Crippen LogP contribution in [0.2, 0.25) is 0 Å². The summed E-state index contributed by atoms with van der Waals surface area (Å²) in [4.78, 5) is 0. The van der Waals surface area contributed by atoms with E-state index in [4.69, 9.17) is 0 Å². The van der Waals surface area contributed by atoms with Gasteiger partial charge < -0.3 is 5.32 Å². The highest BCUT2D eigenvalue weighted by molar-refractivity contribution is 5.21. The molecule has 0 bridgehead atoms. The standard InChI is InChI=1S/C16H23F2N/c1-11-6-8-13(9-7-11)10-19-12(2)14-4-3-5-15(17)16(14)18/h3-5,11-13,19H,6-10H2,1-2H3. The Kier molecular flexibility index (Phi) is 4.92. The van der Waals surface area contributed by atoms with Crippen molar-refractivity contribution in [2.45, 2.75) is 45.6 Å². The molecule has 0 aliphatic heterocycles. The van der Waals surface area contributed by atoms with Crippen molar-refractivity contribution in [2.75, 3.05) is 6.54 Å². The van der Waals surface area contributed by atoms with Crippen molar-refractivity contribution in [3.63, 3.8) is 0 Å². The molecule has 0 aromatic heterocycles. The molecule has 1 aliphatic rings. The molecule has 1 nitrogen and oxygen atoms in total. The normalized spacial score (nSPS) is 25.3. The molecule has 106 valence electrons. The van der Waals surface area contributed by atoms with Crippen LogP contribution in [0.15, 0.2) is 18.2 Å². The van der Waals surface area contributed by atoms with Crippen molar-refractivity contribution in [1.29, 1.82) is 0 Å². The summed E-state index contributed by atoms with van der Waals surface area (Å²) in [5.74, 6) is 0.0296. The lowest BCUT2D eigenvalue weighted by atomic mass is 9.83. The van der Waals surface area contributed by atoms with E-state index in [1.807, 2.05) is 6.92 Å². The lowest BCUT2D eigenvalue weighted by Gasteiger charge is -2.27. The molecule has 19 heavy (non-hydrogen) atoms. The van der Waals surface area contributed by atoms with Gasteiger partial charge in [0.05, 0.1) is 0 Å². The Morgan fingerprint density at radius 1 is 1.21 bits per heavy atom. The molecule has 1 aromatic carbocycles. The summed E-state index contributed by atoms with van der Waals surface area (Å²) in [6.07, 6.45) is 5.06. The highest BCUT2D eigenvalue weighted by atomic mass is 19.2. The van der Waals surface area contributed by atoms with Crippen LogP contribution in [0.3, 0.4) is 0 Å². The van der Waals surface area contributed by atoms with Crippen molar-refractivity contribution < 1.29 is 8.78 Å². The van der Waals surface area contributed by atoms with Gasteiger partial charge in [-0.15, -0.1) is 0 Å². The molecule has 3 heteroatoms. The van der Waals surface area contributed by atoms with Crippen molar-refractivity contribution in [3.05, 3.63) is 35.4 Å². The van der Waals surface area contributed by atoms with E-state index in [1.165, 1.54) is 25.7 Å². The van der Waals surface area contributed by atoms with Gasteiger partial charge in [-0.25, -0.2) is 8.78 Å². The monoisotopic (exact) mass is 267 g/mol. The summed E-state index contributed by atoms with van der Waals surface area (Å²) in [5.41, 5.74) is 0.421. The Balaban J connectivity index is 1.87. The molecular formula is C16H23F2N. The Morgan fingerprint density at radius 2 is 1.89 bits per heavy atom. The molecule has 1 saturated carbocycles. The van der Waals surface area contributed by atoms with Crippen LogP contribution in [-0.2, 0) is 0 Å². The van der Waals surface area contributed by atoms with E-state index in [0.29, 0.717) is 11.5 Å². The molecule has 1 N–H and O–H groups in total. The zero-order valence-electron chi connectivity index (χ0n) is 11.8. The van der Waals surface area contributed by atoms with Crippen molar-refractivity contribution >= 4 is 0 Å². The fourth-order valence-corrected chi connectivity index (χ4v) is 2.84. The summed E-state index contributed by atoms with van der Waals surface area (Å²) in [6.45, 7) is 5.08. The molecule has 2 rings (SSSR count). The highest BCUT2D eigenvalue weighted by Crippen LogP contribution is 2.28. The maximum absolute atomic E-state index is 13.7. The van der Waals surface area contributed by atoms with Gasteiger partial charge >= 0.3 is 0 Å². The smallest absolute Gasteiger partial charge is 0.163 e. The molecule has 0 spiro atoms. The number of hydrogen-bond acceptors (Lipinski definition) is 1. The van der Waals surface area contributed by atoms with Gasteiger partial charge in [0.2, 0.25) is 0 Å². The van der Waals surface area contributed by atoms with Crippen LogP contribution in [-0.4, -0.2) is 6.54 Å². The Bertz CT molecular complexity index is 411. The van der Waals surface area contributed by atoms with Crippen LogP contribution >= 0.6 is 0 Å². The van der Waals surface area contributed by atoms with Gasteiger partial charge in [0.1, 0.15) is 0 Å². The fourth-order valence-electron chi connectivity index (χ4n) is 2.84. The lowest BCUT2D eigenvalue weighted by molar-refractivity contribution is 0.275. The molecule has 1 unspecified atom stereocenters. The van der Waals surface area contributed by atoms with E-state index < -0.39 is 11.6 Å². The quantitative estimate of drug-likeness (QED) is 0.850. The number of halogens is 2. The third-order valence-electron chi connectivity index (χ3n) is 4.30. The van der Waals surface area contributed by atoms with Gasteiger partial charge in [0.25, 0.3) is 0 Å². The van der Waals surface area contributed by atoms with Gasteiger partial charge in [-0.1, -0.05) is 31.9 Å². The molecule has 0 saturated heterocycles. The predicted octanol–water partition coefficient (Wildman–Crippen LogP) is 4.44. The minimum Gasteiger partial charge on any atom is -0.310 e. The zero-order chi connectivity index (χ0) is 13.8. The minimum absolute atomic E-state index is 0.143. The number of benzene rings is 1. The van der Waals surface area contributed by atoms with E-state index in [0.717, 1.165) is 18.5 Å². The second-order valence-electron chi connectivity index (χ2n) is 5.90. The lowest BCUT2D eigenvalue weighted by Crippen LogP contribution is -2.28. The van der Waals surface area contributed by atoms with Crippen molar-refractivity contribution in [1.82, 2.24) is 5.32 Å². The van der Waals surface area contributed by atoms with E-state index in [9.17, 15) is 8.78 Å². The first-order valence-corrected chi connectivity index (χ1v) is 7.25. The number of rotatable bonds is 4. The summed E-state index contributed by atoms with van der Waals surface area (Å²) in [5, 5.41) is 3.34. The topological polar surface area (TPSA) is 12.0 Å². The molecule has 1 fully saturated rings. The van der Waals surface area contributed by atoms with Crippen LogP contribution in [0.1, 0.15) is 51.1 Å². The van der Waals surface area contributed by atoms with Gasteiger partial charge in [-0.05, 0) is 44.2 Å². The first kappa shape index (κ1) is 14.4. The molecule has 1 atom stereocenters. The van der Waals surface area contributed by atoms with Crippen molar-refractivity contribution in [3.8, 4) is 0 Å². The molecule has 0 amide bonds. The first-order valence-electron chi connectivity index (χ1n) is 7.25. The van der Waals surface area contributed by atoms with Crippen LogP contribution in [0.25, 0.3) is 0 Å². The summed E-state index contributed by atoms with van der Waals surface area (Å²) in [6, 6.07) is 4.23. The van der Waals surface area contributed by atoms with Gasteiger partial charge in [-0.2, -0.15) is 0 Å². The fraction of sp³-hybridized carbons (Fsp3) is 0.625.